The summed E-state index contributed by atoms with van der Waals surface area (Å²) in [5, 5.41) is 12.0. The molecular weight excluding hydrogens is 344 g/mol. The molecule has 0 spiro atoms. The number of carbonyl (C=O) groups excluding carboxylic acids is 2. The normalized spacial score (nSPS) is 16.8. The van der Waals surface area contributed by atoms with Crippen molar-refractivity contribution < 1.29 is 19.1 Å². The molecule has 0 unspecified atom stereocenters. The van der Waals surface area contributed by atoms with Crippen molar-refractivity contribution in [3.05, 3.63) is 27.5 Å². The first kappa shape index (κ1) is 17.6. The number of carbonyl (C=O) groups is 2. The van der Waals surface area contributed by atoms with Crippen molar-refractivity contribution in [3.63, 3.8) is 0 Å². The third-order valence-corrected chi connectivity index (χ3v) is 4.94. The monoisotopic (exact) mass is 364 g/mol. The minimum atomic E-state index is -0.473. The van der Waals surface area contributed by atoms with Crippen molar-refractivity contribution in [1.82, 2.24) is 15.2 Å². The van der Waals surface area contributed by atoms with Crippen LogP contribution in [0.4, 0.5) is 5.13 Å². The van der Waals surface area contributed by atoms with E-state index in [9.17, 15) is 9.59 Å². The fourth-order valence-corrected chi connectivity index (χ4v) is 3.67. The van der Waals surface area contributed by atoms with E-state index in [1.54, 1.807) is 20.8 Å². The summed E-state index contributed by atoms with van der Waals surface area (Å²) in [6.45, 7) is 6.18. The number of aryl methyl sites for hydroxylation is 1. The van der Waals surface area contributed by atoms with E-state index in [-0.39, 0.29) is 18.6 Å². The highest BCUT2D eigenvalue weighted by molar-refractivity contribution is 7.15. The van der Waals surface area contributed by atoms with E-state index in [4.69, 9.17) is 9.47 Å². The number of amides is 1. The second kappa shape index (κ2) is 7.32. The van der Waals surface area contributed by atoms with Crippen molar-refractivity contribution in [2.75, 3.05) is 18.5 Å². The largest absolute Gasteiger partial charge is 0.461 e. The number of rotatable bonds is 5. The maximum Gasteiger partial charge on any atom is 0.355 e. The zero-order chi connectivity index (χ0) is 18.0. The van der Waals surface area contributed by atoms with Crippen molar-refractivity contribution >= 4 is 28.3 Å². The molecule has 1 atom stereocenters. The molecule has 8 nitrogen and oxygen atoms in total. The molecule has 0 radical (unpaired) electrons. The zero-order valence-corrected chi connectivity index (χ0v) is 15.2. The second-order valence-electron chi connectivity index (χ2n) is 5.75. The van der Waals surface area contributed by atoms with Crippen LogP contribution < -0.4 is 5.32 Å². The maximum absolute atomic E-state index is 12.6. The highest BCUT2D eigenvalue weighted by atomic mass is 32.1. The molecule has 0 aromatic carbocycles. The topological polar surface area (TPSA) is 106 Å². The first-order valence-electron chi connectivity index (χ1n) is 8.13. The van der Waals surface area contributed by atoms with E-state index in [2.05, 4.69) is 20.5 Å². The van der Waals surface area contributed by atoms with Gasteiger partial charge in [-0.15, -0.1) is 10.2 Å². The highest BCUT2D eigenvalue weighted by Crippen LogP contribution is 2.32. The Kier molecular flexibility index (Phi) is 5.14. The number of esters is 1. The molecule has 0 bridgehead atoms. The molecule has 3 heterocycles. The Morgan fingerprint density at radius 3 is 2.88 bits per heavy atom. The fourth-order valence-electron chi connectivity index (χ4n) is 2.85. The molecule has 1 aliphatic rings. The lowest BCUT2D eigenvalue weighted by atomic mass is 10.1. The lowest BCUT2D eigenvalue weighted by molar-refractivity contribution is 0.0519. The van der Waals surface area contributed by atoms with Crippen molar-refractivity contribution in [2.45, 2.75) is 39.7 Å². The molecule has 1 fully saturated rings. The maximum atomic E-state index is 12.6. The third-order valence-electron chi connectivity index (χ3n) is 4.01. The lowest BCUT2D eigenvalue weighted by Gasteiger charge is -2.04. The molecule has 3 rings (SSSR count). The number of H-pyrrole nitrogens is 1. The SMILES string of the molecule is CCOC(=O)c1[nH]c(C)c(C(=O)Nc2nnc([C@@H]3CCCO3)s2)c1C. The van der Waals surface area contributed by atoms with Gasteiger partial charge >= 0.3 is 5.97 Å². The van der Waals surface area contributed by atoms with Gasteiger partial charge in [0.2, 0.25) is 5.13 Å². The van der Waals surface area contributed by atoms with Gasteiger partial charge in [-0.25, -0.2) is 4.79 Å². The average Bonchev–Trinajstić information content (AvgIpc) is 3.27. The molecule has 2 aromatic rings. The van der Waals surface area contributed by atoms with Crippen LogP contribution in [0.15, 0.2) is 0 Å². The van der Waals surface area contributed by atoms with E-state index in [0.717, 1.165) is 24.5 Å². The van der Waals surface area contributed by atoms with Crippen LogP contribution in [-0.2, 0) is 9.47 Å². The minimum Gasteiger partial charge on any atom is -0.461 e. The molecule has 2 aromatic heterocycles. The third kappa shape index (κ3) is 3.57. The first-order valence-corrected chi connectivity index (χ1v) is 8.95. The van der Waals surface area contributed by atoms with Gasteiger partial charge in [-0.3, -0.25) is 10.1 Å². The summed E-state index contributed by atoms with van der Waals surface area (Å²) >= 11 is 1.31. The molecule has 9 heteroatoms. The smallest absolute Gasteiger partial charge is 0.355 e. The van der Waals surface area contributed by atoms with Gasteiger partial charge in [-0.05, 0) is 39.2 Å². The Bertz CT molecular complexity index is 792. The average molecular weight is 364 g/mol. The Morgan fingerprint density at radius 2 is 2.20 bits per heavy atom. The molecule has 2 N–H and O–H groups in total. The van der Waals surface area contributed by atoms with Crippen LogP contribution in [0.1, 0.15) is 63.0 Å². The number of nitrogens with one attached hydrogen (secondary N) is 2. The number of aromatic amines is 1. The van der Waals surface area contributed by atoms with Gasteiger partial charge in [-0.2, -0.15) is 0 Å². The van der Waals surface area contributed by atoms with Crippen molar-refractivity contribution in [2.24, 2.45) is 0 Å². The molecule has 0 saturated carbocycles. The second-order valence-corrected chi connectivity index (χ2v) is 6.76. The molecule has 0 aliphatic carbocycles. The summed E-state index contributed by atoms with van der Waals surface area (Å²) in [6, 6.07) is 0. The van der Waals surface area contributed by atoms with Crippen LogP contribution in [-0.4, -0.2) is 40.3 Å². The minimum absolute atomic E-state index is 0.0331. The predicted octanol–water partition coefficient (Wildman–Crippen LogP) is 2.76. The Balaban J connectivity index is 1.76. The number of anilines is 1. The molecule has 1 aliphatic heterocycles. The van der Waals surface area contributed by atoms with Gasteiger partial charge in [0.05, 0.1) is 12.2 Å². The highest BCUT2D eigenvalue weighted by Gasteiger charge is 2.25. The van der Waals surface area contributed by atoms with Crippen LogP contribution in [0.5, 0.6) is 0 Å². The van der Waals surface area contributed by atoms with Gasteiger partial charge in [0.1, 0.15) is 16.8 Å². The van der Waals surface area contributed by atoms with Crippen LogP contribution in [0.2, 0.25) is 0 Å². The summed E-state index contributed by atoms with van der Waals surface area (Å²) in [5.41, 5.74) is 1.86. The summed E-state index contributed by atoms with van der Waals surface area (Å²) in [7, 11) is 0. The molecular formula is C16H20N4O4S. The Hall–Kier alpha value is -2.26. The van der Waals surface area contributed by atoms with E-state index < -0.39 is 5.97 Å². The predicted molar refractivity (Wildman–Crippen MR) is 92.0 cm³/mol. The molecule has 1 saturated heterocycles. The fraction of sp³-hybridized carbons (Fsp3) is 0.500. The summed E-state index contributed by atoms with van der Waals surface area (Å²) in [4.78, 5) is 27.5. The van der Waals surface area contributed by atoms with E-state index in [1.165, 1.54) is 11.3 Å². The standard InChI is InChI=1S/C16H20N4O4S/c1-4-23-15(22)12-8(2)11(9(3)17-12)13(21)18-16-20-19-14(25-16)10-6-5-7-24-10/h10,17H,4-7H2,1-3H3,(H,18,20,21)/t10-/m0/s1. The molecule has 25 heavy (non-hydrogen) atoms. The van der Waals surface area contributed by atoms with Crippen LogP contribution in [0.25, 0.3) is 0 Å². The molecule has 1 amide bonds. The van der Waals surface area contributed by atoms with E-state index in [1.807, 2.05) is 0 Å². The number of aromatic nitrogens is 3. The van der Waals surface area contributed by atoms with Crippen LogP contribution in [0.3, 0.4) is 0 Å². The quantitative estimate of drug-likeness (QED) is 0.790. The van der Waals surface area contributed by atoms with Gasteiger partial charge in [0.15, 0.2) is 0 Å². The van der Waals surface area contributed by atoms with Crippen LogP contribution in [0, 0.1) is 13.8 Å². The van der Waals surface area contributed by atoms with Gasteiger partial charge in [0.25, 0.3) is 5.91 Å². The molecule has 134 valence electrons. The van der Waals surface area contributed by atoms with Gasteiger partial charge < -0.3 is 14.5 Å². The lowest BCUT2D eigenvalue weighted by Crippen LogP contribution is -2.14. The van der Waals surface area contributed by atoms with E-state index >= 15 is 0 Å². The Morgan fingerprint density at radius 1 is 1.40 bits per heavy atom. The number of nitrogens with zero attached hydrogens (tertiary/aromatic N) is 2. The van der Waals surface area contributed by atoms with Gasteiger partial charge in [0, 0.05) is 12.3 Å². The number of hydrogen-bond acceptors (Lipinski definition) is 7. The first-order chi connectivity index (χ1) is 12.0. The van der Waals surface area contributed by atoms with E-state index in [0.29, 0.717) is 27.6 Å². The van der Waals surface area contributed by atoms with Crippen LogP contribution >= 0.6 is 11.3 Å². The summed E-state index contributed by atoms with van der Waals surface area (Å²) < 4.78 is 10.6. The van der Waals surface area contributed by atoms with Crippen molar-refractivity contribution in [1.29, 1.82) is 0 Å². The summed E-state index contributed by atoms with van der Waals surface area (Å²) in [6.07, 6.45) is 1.89. The Labute approximate surface area is 148 Å². The summed E-state index contributed by atoms with van der Waals surface area (Å²) in [5.74, 6) is -0.810. The van der Waals surface area contributed by atoms with Gasteiger partial charge in [-0.1, -0.05) is 11.3 Å². The number of ether oxygens (including phenoxy) is 2. The zero-order valence-electron chi connectivity index (χ0n) is 14.3. The van der Waals surface area contributed by atoms with Crippen molar-refractivity contribution in [3.8, 4) is 0 Å². The number of hydrogen-bond donors (Lipinski definition) is 2.